The van der Waals surface area contributed by atoms with Gasteiger partial charge in [0.1, 0.15) is 11.2 Å². The van der Waals surface area contributed by atoms with Crippen LogP contribution in [0.15, 0.2) is 71.3 Å². The fraction of sp³-hybridized carbons (Fsp3) is 0.276. The summed E-state index contributed by atoms with van der Waals surface area (Å²) in [5.74, 6) is 0.141. The maximum atomic E-state index is 13.5. The number of carbonyl (C=O) groups excluding carboxylic acids is 2. The molecule has 1 fully saturated rings. The molecule has 220 valence electrons. The van der Waals surface area contributed by atoms with Gasteiger partial charge in [0, 0.05) is 57.6 Å². The number of benzene rings is 2. The number of piperazine rings is 1. The first-order valence-electron chi connectivity index (χ1n) is 13.6. The Balaban J connectivity index is 1.18. The number of hydrogen-bond acceptors (Lipinski definition) is 9. The predicted molar refractivity (Wildman–Crippen MR) is 151 cm³/mol. The molecule has 0 radical (unpaired) electrons. The Labute approximate surface area is 244 Å². The van der Waals surface area contributed by atoms with E-state index in [9.17, 15) is 18.4 Å². The number of pyridine rings is 1. The molecule has 0 spiro atoms. The minimum absolute atomic E-state index is 0.104. The number of nitrogens with zero attached hydrogens (tertiary/aromatic N) is 9. The summed E-state index contributed by atoms with van der Waals surface area (Å²) in [5.41, 5.74) is 3.49. The first kappa shape index (κ1) is 28.0. The molecule has 6 rings (SSSR count). The number of halogens is 2. The van der Waals surface area contributed by atoms with Gasteiger partial charge in [-0.3, -0.25) is 19.5 Å². The normalized spacial score (nSPS) is 14.8. The first-order valence-corrected chi connectivity index (χ1v) is 13.6. The van der Waals surface area contributed by atoms with Gasteiger partial charge in [-0.15, -0.1) is 10.2 Å². The van der Waals surface area contributed by atoms with Gasteiger partial charge in [0.05, 0.1) is 6.04 Å². The molecule has 2 aromatic carbocycles. The van der Waals surface area contributed by atoms with Crippen molar-refractivity contribution in [3.63, 3.8) is 0 Å². The molecule has 0 saturated carbocycles. The molecule has 3 aromatic heterocycles. The SMILES string of the molecule is CC(=O)N(C)c1ccc2oc(-c3ccnc(C(=O)N4CCN([C@@H](c5ccccc5)c5nnn(C(F)F)n5)CC4)c3)nc2c1. The molecule has 14 heteroatoms. The van der Waals surface area contributed by atoms with Crippen LogP contribution in [-0.2, 0) is 4.79 Å². The van der Waals surface area contributed by atoms with E-state index in [0.29, 0.717) is 59.2 Å². The van der Waals surface area contributed by atoms with Crippen molar-refractivity contribution in [3.8, 4) is 11.5 Å². The van der Waals surface area contributed by atoms with Gasteiger partial charge in [0.25, 0.3) is 5.91 Å². The van der Waals surface area contributed by atoms with Crippen LogP contribution in [0.25, 0.3) is 22.6 Å². The zero-order valence-corrected chi connectivity index (χ0v) is 23.3. The maximum absolute atomic E-state index is 13.5. The molecule has 0 N–H and O–H groups in total. The molecule has 1 saturated heterocycles. The second-order valence-corrected chi connectivity index (χ2v) is 10.1. The highest BCUT2D eigenvalue weighted by Crippen LogP contribution is 2.29. The second kappa shape index (κ2) is 11.6. The average Bonchev–Trinajstić information content (AvgIpc) is 3.69. The number of amides is 2. The summed E-state index contributed by atoms with van der Waals surface area (Å²) < 4.78 is 32.3. The minimum atomic E-state index is -2.89. The van der Waals surface area contributed by atoms with E-state index in [-0.39, 0.29) is 23.3 Å². The quantitative estimate of drug-likeness (QED) is 0.279. The summed E-state index contributed by atoms with van der Waals surface area (Å²) in [7, 11) is 1.68. The molecular formula is C29H27F2N9O3. The summed E-state index contributed by atoms with van der Waals surface area (Å²) in [6.45, 7) is 0.261. The van der Waals surface area contributed by atoms with E-state index in [2.05, 4.69) is 25.4 Å². The minimum Gasteiger partial charge on any atom is -0.436 e. The molecule has 4 heterocycles. The average molecular weight is 588 g/mol. The molecule has 43 heavy (non-hydrogen) atoms. The highest BCUT2D eigenvalue weighted by molar-refractivity contribution is 5.94. The van der Waals surface area contributed by atoms with E-state index in [1.54, 1.807) is 42.3 Å². The predicted octanol–water partition coefficient (Wildman–Crippen LogP) is 3.80. The lowest BCUT2D eigenvalue weighted by atomic mass is 10.0. The Morgan fingerprint density at radius 1 is 1.00 bits per heavy atom. The van der Waals surface area contributed by atoms with Crippen molar-refractivity contribution in [2.45, 2.75) is 19.5 Å². The van der Waals surface area contributed by atoms with Crippen LogP contribution in [0.4, 0.5) is 14.5 Å². The Morgan fingerprint density at radius 2 is 1.77 bits per heavy atom. The molecule has 0 aliphatic carbocycles. The Hall–Kier alpha value is -5.11. The third-order valence-corrected chi connectivity index (χ3v) is 7.40. The van der Waals surface area contributed by atoms with E-state index in [0.717, 1.165) is 5.56 Å². The highest BCUT2D eigenvalue weighted by Gasteiger charge is 2.32. The fourth-order valence-corrected chi connectivity index (χ4v) is 5.04. The van der Waals surface area contributed by atoms with Crippen molar-refractivity contribution in [1.29, 1.82) is 0 Å². The van der Waals surface area contributed by atoms with Crippen molar-refractivity contribution in [3.05, 3.63) is 83.9 Å². The van der Waals surface area contributed by atoms with E-state index in [1.807, 2.05) is 35.2 Å². The Kier molecular flexibility index (Phi) is 7.59. The van der Waals surface area contributed by atoms with Gasteiger partial charge in [-0.05, 0) is 41.1 Å². The van der Waals surface area contributed by atoms with Crippen LogP contribution in [0.1, 0.15) is 41.4 Å². The van der Waals surface area contributed by atoms with Gasteiger partial charge in [-0.1, -0.05) is 35.1 Å². The lowest BCUT2D eigenvalue weighted by Gasteiger charge is -2.38. The zero-order valence-electron chi connectivity index (χ0n) is 23.3. The third-order valence-electron chi connectivity index (χ3n) is 7.40. The van der Waals surface area contributed by atoms with Crippen molar-refractivity contribution in [1.82, 2.24) is 40.0 Å². The second-order valence-electron chi connectivity index (χ2n) is 10.1. The van der Waals surface area contributed by atoms with E-state index < -0.39 is 12.6 Å². The van der Waals surface area contributed by atoms with Crippen LogP contribution in [0.3, 0.4) is 0 Å². The van der Waals surface area contributed by atoms with Crippen molar-refractivity contribution < 1.29 is 22.8 Å². The molecule has 1 atom stereocenters. The van der Waals surface area contributed by atoms with Crippen LogP contribution >= 0.6 is 0 Å². The van der Waals surface area contributed by atoms with Gasteiger partial charge >= 0.3 is 6.55 Å². The summed E-state index contributed by atoms with van der Waals surface area (Å²) in [4.78, 5) is 39.6. The standard InChI is InChI=1S/C29H27F2N9O3/c1-18(41)37(2)21-8-9-24-22(17-21)33-27(43-24)20-10-11-32-23(16-20)28(42)39-14-12-38(13-15-39)25(19-6-4-3-5-7-19)26-34-36-40(35-26)29(30)31/h3-11,16-17,25,29H,12-15H2,1-2H3/t25-/m0/s1. The van der Waals surface area contributed by atoms with E-state index in [4.69, 9.17) is 4.42 Å². The highest BCUT2D eigenvalue weighted by atomic mass is 19.3. The number of carbonyl (C=O) groups is 2. The summed E-state index contributed by atoms with van der Waals surface area (Å²) >= 11 is 0. The fourth-order valence-electron chi connectivity index (χ4n) is 5.04. The van der Waals surface area contributed by atoms with Crippen LogP contribution < -0.4 is 4.90 Å². The van der Waals surface area contributed by atoms with Crippen LogP contribution in [0.5, 0.6) is 0 Å². The number of rotatable bonds is 7. The molecule has 1 aliphatic rings. The van der Waals surface area contributed by atoms with Crippen LogP contribution in [0.2, 0.25) is 0 Å². The number of alkyl halides is 2. The number of anilines is 1. The molecule has 1 aliphatic heterocycles. The number of hydrogen-bond donors (Lipinski definition) is 0. The summed E-state index contributed by atoms with van der Waals surface area (Å²) in [5, 5.41) is 11.3. The van der Waals surface area contributed by atoms with Gasteiger partial charge in [-0.2, -0.15) is 8.78 Å². The molecule has 2 amide bonds. The lowest BCUT2D eigenvalue weighted by molar-refractivity contribution is -0.116. The molecule has 12 nitrogen and oxygen atoms in total. The summed E-state index contributed by atoms with van der Waals surface area (Å²) in [6, 6.07) is 17.5. The zero-order chi connectivity index (χ0) is 30.1. The number of tetrazole rings is 1. The smallest absolute Gasteiger partial charge is 0.350 e. The summed E-state index contributed by atoms with van der Waals surface area (Å²) in [6.07, 6.45) is 1.53. The van der Waals surface area contributed by atoms with E-state index in [1.165, 1.54) is 18.0 Å². The van der Waals surface area contributed by atoms with Gasteiger partial charge in [0.15, 0.2) is 11.4 Å². The lowest BCUT2D eigenvalue weighted by Crippen LogP contribution is -2.50. The monoisotopic (exact) mass is 587 g/mol. The van der Waals surface area contributed by atoms with Gasteiger partial charge < -0.3 is 14.2 Å². The molecular weight excluding hydrogens is 560 g/mol. The third kappa shape index (κ3) is 5.68. The first-order chi connectivity index (χ1) is 20.8. The number of aromatic nitrogens is 6. The number of fused-ring (bicyclic) bond motifs is 1. The number of oxazole rings is 1. The van der Waals surface area contributed by atoms with E-state index >= 15 is 0 Å². The molecule has 0 unspecified atom stereocenters. The topological polar surface area (TPSA) is 126 Å². The van der Waals surface area contributed by atoms with Gasteiger partial charge in [-0.25, -0.2) is 4.98 Å². The van der Waals surface area contributed by atoms with Gasteiger partial charge in [0.2, 0.25) is 11.8 Å². The Morgan fingerprint density at radius 3 is 2.47 bits per heavy atom. The van der Waals surface area contributed by atoms with Crippen molar-refractivity contribution in [2.75, 3.05) is 38.1 Å². The van der Waals surface area contributed by atoms with Crippen LogP contribution in [-0.4, -0.2) is 85.0 Å². The molecule has 0 bridgehead atoms. The largest absolute Gasteiger partial charge is 0.436 e. The Bertz CT molecular complexity index is 1770. The van der Waals surface area contributed by atoms with Crippen molar-refractivity contribution in [2.24, 2.45) is 0 Å². The van der Waals surface area contributed by atoms with Crippen molar-refractivity contribution >= 4 is 28.6 Å². The maximum Gasteiger partial charge on any atom is 0.350 e. The van der Waals surface area contributed by atoms with Crippen LogP contribution in [0, 0.1) is 0 Å². The molecule has 5 aromatic rings.